The van der Waals surface area contributed by atoms with Crippen LogP contribution in [0.15, 0.2) is 21.5 Å². The zero-order valence-corrected chi connectivity index (χ0v) is 13.6. The fourth-order valence-electron chi connectivity index (χ4n) is 2.03. The lowest BCUT2D eigenvalue weighted by Crippen LogP contribution is -2.44. The molecule has 1 aromatic rings. The molecule has 1 fully saturated rings. The van der Waals surface area contributed by atoms with E-state index < -0.39 is 23.9 Å². The van der Waals surface area contributed by atoms with Crippen molar-refractivity contribution < 1.29 is 29.0 Å². The number of carboxylic acid groups (broad SMARTS) is 2. The number of amides is 1. The van der Waals surface area contributed by atoms with Gasteiger partial charge >= 0.3 is 11.9 Å². The van der Waals surface area contributed by atoms with Crippen LogP contribution in [0.2, 0.25) is 0 Å². The third-order valence-electron chi connectivity index (χ3n) is 3.09. The van der Waals surface area contributed by atoms with Crippen LogP contribution in [0.1, 0.15) is 24.4 Å². The summed E-state index contributed by atoms with van der Waals surface area (Å²) in [6, 6.07) is 2.11. The summed E-state index contributed by atoms with van der Waals surface area (Å²) in [5.74, 6) is -1.86. The van der Waals surface area contributed by atoms with Crippen molar-refractivity contribution in [3.05, 3.63) is 28.6 Å². The molecule has 0 spiro atoms. The predicted octanol–water partition coefficient (Wildman–Crippen LogP) is 2.11. The van der Waals surface area contributed by atoms with Gasteiger partial charge in [0, 0.05) is 12.5 Å². The Hall–Kier alpha value is -2.13. The first-order valence-electron chi connectivity index (χ1n) is 6.57. The van der Waals surface area contributed by atoms with Crippen LogP contribution in [0, 0.1) is 6.92 Å². The third-order valence-corrected chi connectivity index (χ3v) is 4.42. The molecule has 0 unspecified atom stereocenters. The first-order valence-corrected chi connectivity index (χ1v) is 7.80. The largest absolute Gasteiger partial charge is 0.481 e. The van der Waals surface area contributed by atoms with Crippen molar-refractivity contribution in [3.63, 3.8) is 0 Å². The summed E-state index contributed by atoms with van der Waals surface area (Å²) in [4.78, 5) is 35.6. The van der Waals surface area contributed by atoms with E-state index in [1.165, 1.54) is 6.08 Å². The zero-order chi connectivity index (χ0) is 17.1. The fourth-order valence-corrected chi connectivity index (χ4v) is 3.37. The summed E-state index contributed by atoms with van der Waals surface area (Å²) in [5, 5.41) is 18.0. The average Bonchev–Trinajstić information content (AvgIpc) is 2.96. The zero-order valence-electron chi connectivity index (χ0n) is 12.0. The van der Waals surface area contributed by atoms with Gasteiger partial charge in [-0.3, -0.25) is 14.5 Å². The number of hydrogen-bond acceptors (Lipinski definition) is 6. The van der Waals surface area contributed by atoms with Crippen molar-refractivity contribution in [1.29, 1.82) is 0 Å². The minimum absolute atomic E-state index is 0.0855. The van der Waals surface area contributed by atoms with Crippen LogP contribution < -0.4 is 0 Å². The van der Waals surface area contributed by atoms with Crippen LogP contribution in [0.3, 0.4) is 0 Å². The van der Waals surface area contributed by atoms with Gasteiger partial charge in [0.15, 0.2) is 0 Å². The Morgan fingerprint density at radius 1 is 1.43 bits per heavy atom. The van der Waals surface area contributed by atoms with Crippen LogP contribution in [0.4, 0.5) is 0 Å². The molecule has 0 aromatic carbocycles. The van der Waals surface area contributed by atoms with Gasteiger partial charge in [0.25, 0.3) is 5.91 Å². The topological polar surface area (TPSA) is 108 Å². The van der Waals surface area contributed by atoms with Crippen molar-refractivity contribution in [2.75, 3.05) is 0 Å². The number of carbonyl (C=O) groups excluding carboxylic acids is 1. The molecule has 0 aliphatic carbocycles. The van der Waals surface area contributed by atoms with Crippen molar-refractivity contribution in [2.24, 2.45) is 0 Å². The van der Waals surface area contributed by atoms with Crippen LogP contribution in [0.25, 0.3) is 6.08 Å². The Kier molecular flexibility index (Phi) is 5.22. The van der Waals surface area contributed by atoms with Crippen molar-refractivity contribution >= 4 is 52.2 Å². The molecule has 0 bridgehead atoms. The minimum Gasteiger partial charge on any atom is -0.481 e. The number of aryl methyl sites for hydroxylation is 1. The average molecular weight is 355 g/mol. The molecule has 1 saturated heterocycles. The van der Waals surface area contributed by atoms with E-state index in [4.69, 9.17) is 21.7 Å². The van der Waals surface area contributed by atoms with Gasteiger partial charge in [0.2, 0.25) is 0 Å². The molecule has 0 radical (unpaired) electrons. The maximum absolute atomic E-state index is 12.4. The molecule has 2 rings (SSSR count). The molecule has 1 aromatic heterocycles. The summed E-state index contributed by atoms with van der Waals surface area (Å²) in [6.45, 7) is 1.76. The monoisotopic (exact) mass is 355 g/mol. The SMILES string of the molecule is Cc1ccc(/C=C2/SC(=S)N([C@@H](CCC(=O)O)C(=O)O)C2=O)o1. The van der Waals surface area contributed by atoms with Gasteiger partial charge in [-0.2, -0.15) is 0 Å². The number of nitrogens with zero attached hydrogens (tertiary/aromatic N) is 1. The number of thioether (sulfide) groups is 1. The minimum atomic E-state index is -1.30. The predicted molar refractivity (Wildman–Crippen MR) is 86.8 cm³/mol. The van der Waals surface area contributed by atoms with Crippen LogP contribution >= 0.6 is 24.0 Å². The molecule has 7 nitrogen and oxygen atoms in total. The normalized spacial score (nSPS) is 17.8. The fraction of sp³-hybridized carbons (Fsp3) is 0.286. The van der Waals surface area contributed by atoms with Gasteiger partial charge in [0.1, 0.15) is 21.9 Å². The van der Waals surface area contributed by atoms with Gasteiger partial charge in [-0.15, -0.1) is 0 Å². The highest BCUT2D eigenvalue weighted by Gasteiger charge is 2.40. The Labute approximate surface area is 140 Å². The van der Waals surface area contributed by atoms with Crippen LogP contribution in [-0.4, -0.2) is 43.3 Å². The molecule has 1 amide bonds. The van der Waals surface area contributed by atoms with E-state index in [-0.39, 0.29) is 22.1 Å². The summed E-state index contributed by atoms with van der Waals surface area (Å²) >= 11 is 6.04. The van der Waals surface area contributed by atoms with E-state index in [2.05, 4.69) is 0 Å². The standard InChI is InChI=1S/C14H13NO6S2/c1-7-2-3-8(21-7)6-10-12(18)15(14(22)23-10)9(13(19)20)4-5-11(16)17/h2-3,6,9H,4-5H2,1H3,(H,16,17)(H,19,20)/b10-6+/t9-/m0/s1. The number of carboxylic acids is 2. The molecule has 9 heteroatoms. The highest BCUT2D eigenvalue weighted by molar-refractivity contribution is 8.26. The molecular formula is C14H13NO6S2. The number of hydrogen-bond donors (Lipinski definition) is 2. The van der Waals surface area contributed by atoms with E-state index in [1.807, 2.05) is 0 Å². The molecule has 0 saturated carbocycles. The molecule has 23 heavy (non-hydrogen) atoms. The maximum atomic E-state index is 12.4. The smallest absolute Gasteiger partial charge is 0.326 e. The molecule has 2 heterocycles. The quantitative estimate of drug-likeness (QED) is 0.590. The molecule has 1 aliphatic rings. The third kappa shape index (κ3) is 3.99. The highest BCUT2D eigenvalue weighted by atomic mass is 32.2. The van der Waals surface area contributed by atoms with E-state index >= 15 is 0 Å². The molecule has 122 valence electrons. The molecule has 1 aliphatic heterocycles. The van der Waals surface area contributed by atoms with E-state index in [1.54, 1.807) is 19.1 Å². The lowest BCUT2D eigenvalue weighted by Gasteiger charge is -2.22. The first kappa shape index (κ1) is 17.2. The van der Waals surface area contributed by atoms with Crippen molar-refractivity contribution in [2.45, 2.75) is 25.8 Å². The van der Waals surface area contributed by atoms with Gasteiger partial charge in [0.05, 0.1) is 4.91 Å². The van der Waals surface area contributed by atoms with Gasteiger partial charge in [-0.1, -0.05) is 24.0 Å². The number of rotatable bonds is 6. The number of carbonyl (C=O) groups is 3. The summed E-state index contributed by atoms with van der Waals surface area (Å²) < 4.78 is 5.44. The lowest BCUT2D eigenvalue weighted by atomic mass is 10.1. The number of aliphatic carboxylic acids is 2. The highest BCUT2D eigenvalue weighted by Crippen LogP contribution is 2.35. The van der Waals surface area contributed by atoms with Crippen LogP contribution in [-0.2, 0) is 14.4 Å². The summed E-state index contributed by atoms with van der Waals surface area (Å²) in [6.07, 6.45) is 0.900. The Balaban J connectivity index is 2.24. The maximum Gasteiger partial charge on any atom is 0.326 e. The van der Waals surface area contributed by atoms with Gasteiger partial charge in [-0.25, -0.2) is 4.79 Å². The Bertz CT molecular complexity index is 708. The summed E-state index contributed by atoms with van der Waals surface area (Å²) in [7, 11) is 0. The second-order valence-corrected chi connectivity index (χ2v) is 6.46. The second kappa shape index (κ2) is 6.97. The Morgan fingerprint density at radius 3 is 2.65 bits per heavy atom. The molecule has 2 N–H and O–H groups in total. The van der Waals surface area contributed by atoms with E-state index in [0.29, 0.717) is 11.5 Å². The van der Waals surface area contributed by atoms with E-state index in [9.17, 15) is 19.5 Å². The van der Waals surface area contributed by atoms with Crippen molar-refractivity contribution in [1.82, 2.24) is 4.90 Å². The molecular weight excluding hydrogens is 342 g/mol. The van der Waals surface area contributed by atoms with E-state index in [0.717, 1.165) is 16.7 Å². The summed E-state index contributed by atoms with van der Waals surface area (Å²) in [5.41, 5.74) is 0. The molecule has 1 atom stereocenters. The van der Waals surface area contributed by atoms with Crippen LogP contribution in [0.5, 0.6) is 0 Å². The Morgan fingerprint density at radius 2 is 2.13 bits per heavy atom. The van der Waals surface area contributed by atoms with Crippen molar-refractivity contribution in [3.8, 4) is 0 Å². The first-order chi connectivity index (χ1) is 10.8. The van der Waals surface area contributed by atoms with Gasteiger partial charge < -0.3 is 14.6 Å². The lowest BCUT2D eigenvalue weighted by molar-refractivity contribution is -0.146. The number of thiocarbonyl (C=S) groups is 1. The second-order valence-electron chi connectivity index (χ2n) is 4.79. The van der Waals surface area contributed by atoms with Gasteiger partial charge in [-0.05, 0) is 25.5 Å². The number of furan rings is 1.